The highest BCUT2D eigenvalue weighted by atomic mass is 16.3. The van der Waals surface area contributed by atoms with Gasteiger partial charge in [-0.1, -0.05) is 24.3 Å². The number of rotatable bonds is 5. The van der Waals surface area contributed by atoms with E-state index < -0.39 is 0 Å². The van der Waals surface area contributed by atoms with E-state index in [0.717, 1.165) is 19.5 Å². The average molecular weight is 291 g/mol. The highest BCUT2D eigenvalue weighted by Crippen LogP contribution is 2.19. The van der Waals surface area contributed by atoms with E-state index in [-0.39, 0.29) is 24.7 Å². The Labute approximate surface area is 126 Å². The number of nitrogens with zero attached hydrogens (tertiary/aromatic N) is 1. The van der Waals surface area contributed by atoms with E-state index in [1.54, 1.807) is 6.92 Å². The minimum absolute atomic E-state index is 0.0497. The molecular formula is C16H25N3O2. The second-order valence-corrected chi connectivity index (χ2v) is 5.78. The number of urea groups is 1. The molecule has 0 aromatic heterocycles. The minimum Gasteiger partial charge on any atom is -0.394 e. The number of hydrogen-bond donors (Lipinski definition) is 3. The van der Waals surface area contributed by atoms with Crippen molar-refractivity contribution in [1.29, 1.82) is 0 Å². The van der Waals surface area contributed by atoms with E-state index in [4.69, 9.17) is 5.11 Å². The predicted octanol–water partition coefficient (Wildman–Crippen LogP) is 1.11. The molecule has 0 bridgehead atoms. The van der Waals surface area contributed by atoms with Gasteiger partial charge < -0.3 is 15.7 Å². The number of aliphatic hydroxyl groups excluding tert-OH is 1. The van der Waals surface area contributed by atoms with Crippen LogP contribution in [0.1, 0.15) is 25.0 Å². The monoisotopic (exact) mass is 291 g/mol. The zero-order chi connectivity index (χ0) is 15.2. The molecule has 1 aromatic rings. The van der Waals surface area contributed by atoms with Crippen LogP contribution in [0, 0.1) is 0 Å². The van der Waals surface area contributed by atoms with Gasteiger partial charge in [0.25, 0.3) is 0 Å². The predicted molar refractivity (Wildman–Crippen MR) is 83.1 cm³/mol. The van der Waals surface area contributed by atoms with Gasteiger partial charge in [0.2, 0.25) is 0 Å². The third-order valence-electron chi connectivity index (χ3n) is 3.99. The lowest BCUT2D eigenvalue weighted by atomic mass is 9.99. The maximum Gasteiger partial charge on any atom is 0.315 e. The molecule has 0 saturated heterocycles. The summed E-state index contributed by atoms with van der Waals surface area (Å²) >= 11 is 0. The van der Waals surface area contributed by atoms with Gasteiger partial charge >= 0.3 is 6.03 Å². The Balaban J connectivity index is 1.80. The Morgan fingerprint density at radius 2 is 2.05 bits per heavy atom. The molecule has 2 rings (SSSR count). The van der Waals surface area contributed by atoms with Crippen molar-refractivity contribution in [3.05, 3.63) is 35.4 Å². The van der Waals surface area contributed by atoms with E-state index in [2.05, 4.69) is 46.7 Å². The van der Waals surface area contributed by atoms with Crippen molar-refractivity contribution in [2.45, 2.75) is 38.9 Å². The number of benzene rings is 1. The van der Waals surface area contributed by atoms with Crippen molar-refractivity contribution in [1.82, 2.24) is 15.5 Å². The smallest absolute Gasteiger partial charge is 0.315 e. The Bertz CT molecular complexity index is 478. The van der Waals surface area contributed by atoms with Crippen LogP contribution < -0.4 is 10.6 Å². The van der Waals surface area contributed by atoms with Gasteiger partial charge in [-0.2, -0.15) is 0 Å². The molecular weight excluding hydrogens is 266 g/mol. The molecule has 3 N–H and O–H groups in total. The lowest BCUT2D eigenvalue weighted by molar-refractivity contribution is 0.182. The summed E-state index contributed by atoms with van der Waals surface area (Å²) in [4.78, 5) is 14.0. The Kier molecular flexibility index (Phi) is 5.59. The fourth-order valence-electron chi connectivity index (χ4n) is 2.58. The second-order valence-electron chi connectivity index (χ2n) is 5.78. The topological polar surface area (TPSA) is 64.6 Å². The van der Waals surface area contributed by atoms with Gasteiger partial charge in [-0.15, -0.1) is 0 Å². The van der Waals surface area contributed by atoms with Crippen LogP contribution in [0.3, 0.4) is 0 Å². The molecule has 2 atom stereocenters. The van der Waals surface area contributed by atoms with E-state index in [1.165, 1.54) is 11.1 Å². The summed E-state index contributed by atoms with van der Waals surface area (Å²) in [5, 5.41) is 14.5. The highest BCUT2D eigenvalue weighted by Gasteiger charge is 2.20. The molecule has 1 aliphatic heterocycles. The van der Waals surface area contributed by atoms with Crippen LogP contribution in [0.2, 0.25) is 0 Å². The minimum atomic E-state index is -0.221. The summed E-state index contributed by atoms with van der Waals surface area (Å²) in [6, 6.07) is 8.38. The number of aliphatic hydroxyl groups is 1. The molecule has 5 nitrogen and oxygen atoms in total. The molecule has 0 spiro atoms. The summed E-state index contributed by atoms with van der Waals surface area (Å²) < 4.78 is 0. The van der Waals surface area contributed by atoms with E-state index in [0.29, 0.717) is 6.54 Å². The normalized spacial score (nSPS) is 17.7. The quantitative estimate of drug-likeness (QED) is 0.761. The molecule has 21 heavy (non-hydrogen) atoms. The van der Waals surface area contributed by atoms with Crippen molar-refractivity contribution < 1.29 is 9.90 Å². The number of amides is 2. The van der Waals surface area contributed by atoms with Crippen molar-refractivity contribution in [2.24, 2.45) is 0 Å². The Hall–Kier alpha value is -1.59. The lowest BCUT2D eigenvalue weighted by Crippen LogP contribution is -2.48. The molecule has 0 saturated carbocycles. The van der Waals surface area contributed by atoms with Crippen LogP contribution in [0.25, 0.3) is 0 Å². The first-order valence-electron chi connectivity index (χ1n) is 7.56. The third-order valence-corrected chi connectivity index (χ3v) is 3.99. The standard InChI is InChI=1S/C16H25N3O2/c1-12(11-20)18-16(21)17-9-13(2)19-8-7-14-5-3-4-6-15(14)10-19/h3-6,12-13,20H,7-11H2,1-2H3,(H2,17,18,21). The maximum atomic E-state index is 11.6. The molecule has 1 aromatic carbocycles. The first kappa shape index (κ1) is 15.8. The van der Waals surface area contributed by atoms with Gasteiger partial charge in [0.15, 0.2) is 0 Å². The summed E-state index contributed by atoms with van der Waals surface area (Å²) in [6.07, 6.45) is 1.06. The van der Waals surface area contributed by atoms with Gasteiger partial charge in [0, 0.05) is 25.7 Å². The molecule has 0 aliphatic carbocycles. The number of carbonyl (C=O) groups excluding carboxylic acids is 1. The fraction of sp³-hybridized carbons (Fsp3) is 0.562. The molecule has 1 heterocycles. The summed E-state index contributed by atoms with van der Waals surface area (Å²) in [5.41, 5.74) is 2.82. The van der Waals surface area contributed by atoms with Crippen molar-refractivity contribution in [2.75, 3.05) is 19.7 Å². The highest BCUT2D eigenvalue weighted by molar-refractivity contribution is 5.74. The van der Waals surface area contributed by atoms with E-state index in [9.17, 15) is 4.79 Å². The molecule has 116 valence electrons. The maximum absolute atomic E-state index is 11.6. The molecule has 0 radical (unpaired) electrons. The van der Waals surface area contributed by atoms with Crippen molar-refractivity contribution >= 4 is 6.03 Å². The van der Waals surface area contributed by atoms with Crippen molar-refractivity contribution in [3.8, 4) is 0 Å². The van der Waals surface area contributed by atoms with Gasteiger partial charge in [-0.05, 0) is 31.4 Å². The van der Waals surface area contributed by atoms with E-state index in [1.807, 2.05) is 0 Å². The average Bonchev–Trinajstić information content (AvgIpc) is 2.51. The fourth-order valence-corrected chi connectivity index (χ4v) is 2.58. The number of fused-ring (bicyclic) bond motifs is 1. The number of carbonyl (C=O) groups is 1. The zero-order valence-corrected chi connectivity index (χ0v) is 12.8. The number of hydrogen-bond acceptors (Lipinski definition) is 3. The van der Waals surface area contributed by atoms with Crippen LogP contribution in [-0.2, 0) is 13.0 Å². The van der Waals surface area contributed by atoms with Gasteiger partial charge in [0.1, 0.15) is 0 Å². The van der Waals surface area contributed by atoms with Crippen LogP contribution >= 0.6 is 0 Å². The van der Waals surface area contributed by atoms with E-state index >= 15 is 0 Å². The summed E-state index contributed by atoms with van der Waals surface area (Å²) in [5.74, 6) is 0. The van der Waals surface area contributed by atoms with Crippen LogP contribution in [0.4, 0.5) is 4.79 Å². The van der Waals surface area contributed by atoms with Gasteiger partial charge in [-0.3, -0.25) is 4.90 Å². The van der Waals surface area contributed by atoms with Gasteiger partial charge in [-0.25, -0.2) is 4.79 Å². The molecule has 0 fully saturated rings. The first-order valence-corrected chi connectivity index (χ1v) is 7.56. The molecule has 2 unspecified atom stereocenters. The van der Waals surface area contributed by atoms with Crippen LogP contribution in [-0.4, -0.2) is 47.8 Å². The zero-order valence-electron chi connectivity index (χ0n) is 12.8. The Morgan fingerprint density at radius 3 is 2.76 bits per heavy atom. The molecule has 5 heteroatoms. The van der Waals surface area contributed by atoms with Gasteiger partial charge in [0.05, 0.1) is 12.6 Å². The second kappa shape index (κ2) is 7.43. The molecule has 2 amide bonds. The number of nitrogens with one attached hydrogen (secondary N) is 2. The first-order chi connectivity index (χ1) is 10.1. The Morgan fingerprint density at radius 1 is 1.33 bits per heavy atom. The summed E-state index contributed by atoms with van der Waals surface area (Å²) in [6.45, 7) is 6.41. The largest absolute Gasteiger partial charge is 0.394 e. The van der Waals surface area contributed by atoms with Crippen LogP contribution in [0.15, 0.2) is 24.3 Å². The molecule has 1 aliphatic rings. The van der Waals surface area contributed by atoms with Crippen molar-refractivity contribution in [3.63, 3.8) is 0 Å². The van der Waals surface area contributed by atoms with Crippen LogP contribution in [0.5, 0.6) is 0 Å². The lowest BCUT2D eigenvalue weighted by Gasteiger charge is -2.33. The third kappa shape index (κ3) is 4.44. The summed E-state index contributed by atoms with van der Waals surface area (Å²) in [7, 11) is 0. The SMILES string of the molecule is CC(CO)NC(=O)NCC(C)N1CCc2ccccc2C1.